The molecule has 0 aromatic heterocycles. The standard InChI is InChI=1S/C12H25NO5S/c1-6-17-12(14)9-13(10(2)3)19(15,16)8-7-18-11(4)5/h10-11H,6-9H2,1-5H3. The molecule has 0 bridgehead atoms. The molecule has 0 aliphatic heterocycles. The summed E-state index contributed by atoms with van der Waals surface area (Å²) >= 11 is 0. The van der Waals surface area contributed by atoms with E-state index in [0.717, 1.165) is 4.31 Å². The molecule has 0 radical (unpaired) electrons. The van der Waals surface area contributed by atoms with E-state index in [1.807, 2.05) is 13.8 Å². The van der Waals surface area contributed by atoms with Crippen molar-refractivity contribution in [3.05, 3.63) is 0 Å². The van der Waals surface area contributed by atoms with Gasteiger partial charge in [0.1, 0.15) is 6.54 Å². The highest BCUT2D eigenvalue weighted by molar-refractivity contribution is 7.89. The average molecular weight is 295 g/mol. The van der Waals surface area contributed by atoms with Crippen molar-refractivity contribution in [2.45, 2.75) is 46.8 Å². The minimum absolute atomic E-state index is 0.0206. The number of carbonyl (C=O) groups excluding carboxylic acids is 1. The zero-order chi connectivity index (χ0) is 15.1. The fourth-order valence-corrected chi connectivity index (χ4v) is 2.93. The van der Waals surface area contributed by atoms with Gasteiger partial charge in [-0.15, -0.1) is 0 Å². The summed E-state index contributed by atoms with van der Waals surface area (Å²) in [5.74, 6) is -0.674. The van der Waals surface area contributed by atoms with Crippen molar-refractivity contribution in [3.8, 4) is 0 Å². The van der Waals surface area contributed by atoms with Gasteiger partial charge in [-0.2, -0.15) is 4.31 Å². The Balaban J connectivity index is 4.63. The Morgan fingerprint density at radius 2 is 1.79 bits per heavy atom. The second kappa shape index (κ2) is 8.50. The van der Waals surface area contributed by atoms with Crippen LogP contribution in [0.25, 0.3) is 0 Å². The molecule has 6 nitrogen and oxygen atoms in total. The van der Waals surface area contributed by atoms with Crippen LogP contribution in [0.4, 0.5) is 0 Å². The van der Waals surface area contributed by atoms with Crippen LogP contribution >= 0.6 is 0 Å². The first-order chi connectivity index (χ1) is 8.70. The van der Waals surface area contributed by atoms with Crippen LogP contribution in [0.3, 0.4) is 0 Å². The smallest absolute Gasteiger partial charge is 0.321 e. The van der Waals surface area contributed by atoms with E-state index >= 15 is 0 Å². The molecule has 0 heterocycles. The Morgan fingerprint density at radius 3 is 2.21 bits per heavy atom. The maximum Gasteiger partial charge on any atom is 0.321 e. The first kappa shape index (κ1) is 18.3. The van der Waals surface area contributed by atoms with Crippen molar-refractivity contribution >= 4 is 16.0 Å². The van der Waals surface area contributed by atoms with Crippen LogP contribution in [0.5, 0.6) is 0 Å². The fourth-order valence-electron chi connectivity index (χ4n) is 1.44. The van der Waals surface area contributed by atoms with E-state index in [1.54, 1.807) is 20.8 Å². The van der Waals surface area contributed by atoms with E-state index in [0.29, 0.717) is 0 Å². The van der Waals surface area contributed by atoms with Crippen molar-refractivity contribution in [2.75, 3.05) is 25.5 Å². The molecular formula is C12H25NO5S. The molecule has 0 rings (SSSR count). The molecule has 0 amide bonds. The maximum atomic E-state index is 12.1. The third-order valence-electron chi connectivity index (χ3n) is 2.32. The van der Waals surface area contributed by atoms with E-state index in [9.17, 15) is 13.2 Å². The lowest BCUT2D eigenvalue weighted by Gasteiger charge is -2.25. The molecule has 19 heavy (non-hydrogen) atoms. The van der Waals surface area contributed by atoms with E-state index in [4.69, 9.17) is 9.47 Å². The molecule has 114 valence electrons. The van der Waals surface area contributed by atoms with Gasteiger partial charge in [0.2, 0.25) is 10.0 Å². The number of hydrogen-bond acceptors (Lipinski definition) is 5. The largest absolute Gasteiger partial charge is 0.465 e. The van der Waals surface area contributed by atoms with Crippen LogP contribution in [0.2, 0.25) is 0 Å². The van der Waals surface area contributed by atoms with Crippen molar-refractivity contribution < 1.29 is 22.7 Å². The van der Waals surface area contributed by atoms with Crippen molar-refractivity contribution in [3.63, 3.8) is 0 Å². The van der Waals surface area contributed by atoms with Crippen molar-refractivity contribution in [1.82, 2.24) is 4.31 Å². The average Bonchev–Trinajstić information content (AvgIpc) is 2.24. The quantitative estimate of drug-likeness (QED) is 0.594. The molecule has 0 N–H and O–H groups in total. The summed E-state index contributed by atoms with van der Waals surface area (Å²) in [7, 11) is -3.52. The monoisotopic (exact) mass is 295 g/mol. The molecule has 7 heteroatoms. The van der Waals surface area contributed by atoms with Crippen molar-refractivity contribution in [2.24, 2.45) is 0 Å². The van der Waals surface area contributed by atoms with E-state index in [2.05, 4.69) is 0 Å². The number of esters is 1. The third-order valence-corrected chi connectivity index (χ3v) is 4.26. The zero-order valence-corrected chi connectivity index (χ0v) is 13.2. The third kappa shape index (κ3) is 7.49. The molecule has 0 saturated heterocycles. The normalized spacial score (nSPS) is 12.4. The lowest BCUT2D eigenvalue weighted by molar-refractivity contribution is -0.143. The number of rotatable bonds is 9. The molecule has 0 unspecified atom stereocenters. The maximum absolute atomic E-state index is 12.1. The predicted octanol–water partition coefficient (Wildman–Crippen LogP) is 1.01. The summed E-state index contributed by atoms with van der Waals surface area (Å²) in [5.41, 5.74) is 0. The highest BCUT2D eigenvalue weighted by Crippen LogP contribution is 2.08. The summed E-state index contributed by atoms with van der Waals surface area (Å²) in [6.07, 6.45) is -0.0206. The molecular weight excluding hydrogens is 270 g/mol. The van der Waals surface area contributed by atoms with Crippen LogP contribution in [-0.2, 0) is 24.3 Å². The summed E-state index contributed by atoms with van der Waals surface area (Å²) < 4.78 is 35.4. The molecule has 0 atom stereocenters. The van der Waals surface area contributed by atoms with E-state index in [1.165, 1.54) is 0 Å². The van der Waals surface area contributed by atoms with Crippen molar-refractivity contribution in [1.29, 1.82) is 0 Å². The van der Waals surface area contributed by atoms with Gasteiger partial charge < -0.3 is 9.47 Å². The van der Waals surface area contributed by atoms with Gasteiger partial charge in [0, 0.05) is 6.04 Å². The SMILES string of the molecule is CCOC(=O)CN(C(C)C)S(=O)(=O)CCOC(C)C. The van der Waals surface area contributed by atoms with Crippen LogP contribution in [-0.4, -0.2) is 56.3 Å². The molecule has 0 saturated carbocycles. The number of sulfonamides is 1. The Labute approximate surface area is 116 Å². The lowest BCUT2D eigenvalue weighted by atomic mass is 10.4. The van der Waals surface area contributed by atoms with Gasteiger partial charge >= 0.3 is 5.97 Å². The van der Waals surface area contributed by atoms with Crippen LogP contribution in [0.1, 0.15) is 34.6 Å². The Morgan fingerprint density at radius 1 is 1.21 bits per heavy atom. The van der Waals surface area contributed by atoms with Gasteiger partial charge in [0.15, 0.2) is 0 Å². The predicted molar refractivity (Wildman–Crippen MR) is 73.3 cm³/mol. The molecule has 0 aromatic rings. The van der Waals surface area contributed by atoms with E-state index < -0.39 is 16.0 Å². The molecule has 0 aliphatic rings. The molecule has 0 spiro atoms. The number of ether oxygens (including phenoxy) is 2. The summed E-state index contributed by atoms with van der Waals surface area (Å²) in [5, 5.41) is 0. The van der Waals surface area contributed by atoms with E-state index in [-0.39, 0.29) is 37.7 Å². The number of nitrogens with zero attached hydrogens (tertiary/aromatic N) is 1. The Hall–Kier alpha value is -0.660. The summed E-state index contributed by atoms with van der Waals surface area (Å²) in [6, 6.07) is -0.298. The number of hydrogen-bond donors (Lipinski definition) is 0. The first-order valence-corrected chi connectivity index (χ1v) is 8.08. The van der Waals surface area contributed by atoms with Crippen LogP contribution < -0.4 is 0 Å². The van der Waals surface area contributed by atoms with Gasteiger partial charge in [-0.1, -0.05) is 0 Å². The number of carbonyl (C=O) groups is 1. The van der Waals surface area contributed by atoms with Gasteiger partial charge in [0.05, 0.1) is 25.1 Å². The van der Waals surface area contributed by atoms with Crippen LogP contribution in [0, 0.1) is 0 Å². The lowest BCUT2D eigenvalue weighted by Crippen LogP contribution is -2.43. The van der Waals surface area contributed by atoms with Gasteiger partial charge in [-0.05, 0) is 34.6 Å². The Bertz CT molecular complexity index is 364. The zero-order valence-electron chi connectivity index (χ0n) is 12.4. The Kier molecular flexibility index (Phi) is 8.20. The summed E-state index contributed by atoms with van der Waals surface area (Å²) in [4.78, 5) is 11.4. The van der Waals surface area contributed by atoms with Gasteiger partial charge in [0.25, 0.3) is 0 Å². The second-order valence-corrected chi connectivity index (χ2v) is 6.72. The second-order valence-electron chi connectivity index (χ2n) is 4.68. The summed E-state index contributed by atoms with van der Waals surface area (Å²) in [6.45, 7) is 8.91. The molecule has 0 aliphatic carbocycles. The van der Waals surface area contributed by atoms with Gasteiger partial charge in [-0.3, -0.25) is 4.79 Å². The topological polar surface area (TPSA) is 72.9 Å². The first-order valence-electron chi connectivity index (χ1n) is 6.47. The molecule has 0 aromatic carbocycles. The highest BCUT2D eigenvalue weighted by Gasteiger charge is 2.27. The fraction of sp³-hybridized carbons (Fsp3) is 0.917. The minimum Gasteiger partial charge on any atom is -0.465 e. The molecule has 0 fully saturated rings. The van der Waals surface area contributed by atoms with Gasteiger partial charge in [-0.25, -0.2) is 8.42 Å². The highest BCUT2D eigenvalue weighted by atomic mass is 32.2. The van der Waals surface area contributed by atoms with Crippen LogP contribution in [0.15, 0.2) is 0 Å². The minimum atomic E-state index is -3.52.